The van der Waals surface area contributed by atoms with Gasteiger partial charge < -0.3 is 10.1 Å². The van der Waals surface area contributed by atoms with E-state index >= 15 is 0 Å². The van der Waals surface area contributed by atoms with Crippen molar-refractivity contribution in [1.82, 2.24) is 0 Å². The van der Waals surface area contributed by atoms with E-state index in [0.29, 0.717) is 22.9 Å². The van der Waals surface area contributed by atoms with E-state index in [0.717, 1.165) is 5.56 Å². The predicted molar refractivity (Wildman–Crippen MR) is 91.3 cm³/mol. The van der Waals surface area contributed by atoms with Gasteiger partial charge in [-0.1, -0.05) is 50.3 Å². The zero-order chi connectivity index (χ0) is 15.9. The molecule has 0 aromatic heterocycles. The quantitative estimate of drug-likeness (QED) is 0.874. The zero-order valence-corrected chi connectivity index (χ0v) is 13.2. The first-order valence-electron chi connectivity index (χ1n) is 7.33. The molecule has 0 radical (unpaired) electrons. The van der Waals surface area contributed by atoms with Crippen molar-refractivity contribution in [2.75, 3.05) is 12.4 Å². The van der Waals surface area contributed by atoms with E-state index in [9.17, 15) is 4.79 Å². The molecule has 0 atom stereocenters. The fourth-order valence-electron chi connectivity index (χ4n) is 1.99. The highest BCUT2D eigenvalue weighted by Crippen LogP contribution is 2.23. The summed E-state index contributed by atoms with van der Waals surface area (Å²) < 4.78 is 5.23. The molecule has 1 amide bonds. The van der Waals surface area contributed by atoms with Crippen molar-refractivity contribution in [2.24, 2.45) is 5.92 Å². The average Bonchev–Trinajstić information content (AvgIpc) is 2.54. The Bertz CT molecular complexity index is 657. The summed E-state index contributed by atoms with van der Waals surface area (Å²) in [6.45, 7) is 4.26. The van der Waals surface area contributed by atoms with Crippen LogP contribution in [0.3, 0.4) is 0 Å². The molecule has 0 saturated carbocycles. The molecule has 114 valence electrons. The van der Waals surface area contributed by atoms with Crippen molar-refractivity contribution >= 4 is 17.7 Å². The number of para-hydroxylation sites is 2. The third kappa shape index (κ3) is 4.22. The minimum Gasteiger partial charge on any atom is -0.495 e. The Morgan fingerprint density at radius 3 is 2.41 bits per heavy atom. The van der Waals surface area contributed by atoms with Crippen LogP contribution in [0.4, 0.5) is 5.69 Å². The Labute approximate surface area is 131 Å². The summed E-state index contributed by atoms with van der Waals surface area (Å²) in [5.41, 5.74) is 2.37. The molecule has 0 bridgehead atoms. The van der Waals surface area contributed by atoms with Crippen LogP contribution in [-0.4, -0.2) is 13.0 Å². The van der Waals surface area contributed by atoms with Crippen LogP contribution in [0.25, 0.3) is 6.08 Å². The standard InChI is InChI=1S/C19H21NO2/c1-14(2)8-9-15-10-12-16(13-11-15)19(21)20-17-6-4-5-7-18(17)22-3/h4-14H,1-3H3,(H,20,21)/b9-8+. The lowest BCUT2D eigenvalue weighted by molar-refractivity contribution is 0.102. The summed E-state index contributed by atoms with van der Waals surface area (Å²) in [4.78, 5) is 12.3. The van der Waals surface area contributed by atoms with Crippen LogP contribution in [0.5, 0.6) is 5.75 Å². The highest BCUT2D eigenvalue weighted by Gasteiger charge is 2.08. The summed E-state index contributed by atoms with van der Waals surface area (Å²) in [5, 5.41) is 2.87. The van der Waals surface area contributed by atoms with Gasteiger partial charge in [0.15, 0.2) is 0 Å². The van der Waals surface area contributed by atoms with E-state index in [4.69, 9.17) is 4.74 Å². The predicted octanol–water partition coefficient (Wildman–Crippen LogP) is 4.62. The first-order valence-corrected chi connectivity index (χ1v) is 7.33. The molecule has 0 fully saturated rings. The van der Waals surface area contributed by atoms with Crippen molar-refractivity contribution in [3.05, 3.63) is 65.7 Å². The van der Waals surface area contributed by atoms with Gasteiger partial charge in [-0.15, -0.1) is 0 Å². The smallest absolute Gasteiger partial charge is 0.255 e. The molecule has 2 rings (SSSR count). The molecule has 22 heavy (non-hydrogen) atoms. The maximum Gasteiger partial charge on any atom is 0.255 e. The maximum absolute atomic E-state index is 12.3. The molecule has 3 heteroatoms. The maximum atomic E-state index is 12.3. The molecule has 0 aliphatic heterocycles. The number of hydrogen-bond donors (Lipinski definition) is 1. The number of nitrogens with one attached hydrogen (secondary N) is 1. The summed E-state index contributed by atoms with van der Waals surface area (Å²) in [6, 6.07) is 14.9. The number of benzene rings is 2. The summed E-state index contributed by atoms with van der Waals surface area (Å²) in [7, 11) is 1.58. The highest BCUT2D eigenvalue weighted by molar-refractivity contribution is 6.05. The monoisotopic (exact) mass is 295 g/mol. The van der Waals surface area contributed by atoms with Crippen LogP contribution in [0.2, 0.25) is 0 Å². The Hall–Kier alpha value is -2.55. The minimum absolute atomic E-state index is 0.149. The Morgan fingerprint density at radius 1 is 1.09 bits per heavy atom. The lowest BCUT2D eigenvalue weighted by Crippen LogP contribution is -2.12. The number of amides is 1. The third-order valence-corrected chi connectivity index (χ3v) is 3.20. The van der Waals surface area contributed by atoms with Gasteiger partial charge in [-0.3, -0.25) is 4.79 Å². The van der Waals surface area contributed by atoms with Crippen LogP contribution in [-0.2, 0) is 0 Å². The number of anilines is 1. The van der Waals surface area contributed by atoms with Gasteiger partial charge in [0.2, 0.25) is 0 Å². The summed E-state index contributed by atoms with van der Waals surface area (Å²) in [6.07, 6.45) is 4.19. The SMILES string of the molecule is COc1ccccc1NC(=O)c1ccc(/C=C/C(C)C)cc1. The molecule has 1 N–H and O–H groups in total. The van der Waals surface area contributed by atoms with Gasteiger partial charge in [0.1, 0.15) is 5.75 Å². The fourth-order valence-corrected chi connectivity index (χ4v) is 1.99. The molecular weight excluding hydrogens is 274 g/mol. The summed E-state index contributed by atoms with van der Waals surface area (Å²) in [5.74, 6) is 1.00. The van der Waals surface area contributed by atoms with Gasteiger partial charge in [-0.25, -0.2) is 0 Å². The fraction of sp³-hybridized carbons (Fsp3) is 0.211. The first-order chi connectivity index (χ1) is 10.6. The molecule has 0 unspecified atom stereocenters. The largest absolute Gasteiger partial charge is 0.495 e. The van der Waals surface area contributed by atoms with Crippen LogP contribution >= 0.6 is 0 Å². The Morgan fingerprint density at radius 2 is 1.77 bits per heavy atom. The zero-order valence-electron chi connectivity index (χ0n) is 13.2. The van der Waals surface area contributed by atoms with E-state index in [1.54, 1.807) is 7.11 Å². The molecule has 0 aliphatic rings. The number of rotatable bonds is 5. The van der Waals surface area contributed by atoms with Crippen LogP contribution in [0, 0.1) is 5.92 Å². The molecule has 0 spiro atoms. The summed E-state index contributed by atoms with van der Waals surface area (Å²) >= 11 is 0. The van der Waals surface area contributed by atoms with Crippen molar-refractivity contribution in [2.45, 2.75) is 13.8 Å². The number of allylic oxidation sites excluding steroid dienone is 1. The normalized spacial score (nSPS) is 10.9. The molecular formula is C19H21NO2. The number of carbonyl (C=O) groups is 1. The lowest BCUT2D eigenvalue weighted by atomic mass is 10.1. The van der Waals surface area contributed by atoms with E-state index < -0.39 is 0 Å². The highest BCUT2D eigenvalue weighted by atomic mass is 16.5. The van der Waals surface area contributed by atoms with E-state index in [1.165, 1.54) is 0 Å². The van der Waals surface area contributed by atoms with Crippen molar-refractivity contribution in [1.29, 1.82) is 0 Å². The lowest BCUT2D eigenvalue weighted by Gasteiger charge is -2.09. The van der Waals surface area contributed by atoms with Gasteiger partial charge in [-0.05, 0) is 35.7 Å². The average molecular weight is 295 g/mol. The topological polar surface area (TPSA) is 38.3 Å². The Balaban J connectivity index is 2.10. The molecule has 2 aromatic rings. The van der Waals surface area contributed by atoms with E-state index in [1.807, 2.05) is 48.5 Å². The van der Waals surface area contributed by atoms with Gasteiger partial charge in [0, 0.05) is 5.56 Å². The van der Waals surface area contributed by atoms with E-state index in [-0.39, 0.29) is 5.91 Å². The van der Waals surface area contributed by atoms with Crippen molar-refractivity contribution < 1.29 is 9.53 Å². The Kier molecular flexibility index (Phi) is 5.37. The third-order valence-electron chi connectivity index (χ3n) is 3.20. The molecule has 3 nitrogen and oxygen atoms in total. The second-order valence-corrected chi connectivity index (χ2v) is 5.38. The number of ether oxygens (including phenoxy) is 1. The molecule has 0 saturated heterocycles. The van der Waals surface area contributed by atoms with Crippen LogP contribution in [0.1, 0.15) is 29.8 Å². The van der Waals surface area contributed by atoms with Gasteiger partial charge >= 0.3 is 0 Å². The van der Waals surface area contributed by atoms with Gasteiger partial charge in [0.25, 0.3) is 5.91 Å². The second kappa shape index (κ2) is 7.46. The van der Waals surface area contributed by atoms with Crippen LogP contribution in [0.15, 0.2) is 54.6 Å². The second-order valence-electron chi connectivity index (χ2n) is 5.38. The molecule has 0 heterocycles. The van der Waals surface area contributed by atoms with Crippen molar-refractivity contribution in [3.63, 3.8) is 0 Å². The first kappa shape index (κ1) is 15.8. The number of carbonyl (C=O) groups excluding carboxylic acids is 1. The number of hydrogen-bond acceptors (Lipinski definition) is 2. The van der Waals surface area contributed by atoms with Crippen molar-refractivity contribution in [3.8, 4) is 5.75 Å². The minimum atomic E-state index is -0.149. The van der Waals surface area contributed by atoms with E-state index in [2.05, 4.69) is 31.3 Å². The molecule has 2 aromatic carbocycles. The number of methoxy groups -OCH3 is 1. The molecule has 0 aliphatic carbocycles. The van der Waals surface area contributed by atoms with Crippen LogP contribution < -0.4 is 10.1 Å². The van der Waals surface area contributed by atoms with Gasteiger partial charge in [0.05, 0.1) is 12.8 Å². The van der Waals surface area contributed by atoms with Gasteiger partial charge in [-0.2, -0.15) is 0 Å².